The number of nitrogens with zero attached hydrogens (tertiary/aromatic N) is 2. The highest BCUT2D eigenvalue weighted by atomic mass is 16.5. The van der Waals surface area contributed by atoms with Crippen molar-refractivity contribution in [1.82, 2.24) is 9.80 Å². The van der Waals surface area contributed by atoms with E-state index in [4.69, 9.17) is 4.74 Å². The third kappa shape index (κ3) is 5.21. The van der Waals surface area contributed by atoms with Gasteiger partial charge in [0.2, 0.25) is 0 Å². The van der Waals surface area contributed by atoms with Gasteiger partial charge in [0.1, 0.15) is 5.75 Å². The Kier molecular flexibility index (Phi) is 7.78. The van der Waals surface area contributed by atoms with Crippen LogP contribution in [0.2, 0.25) is 0 Å². The van der Waals surface area contributed by atoms with Crippen molar-refractivity contribution < 1.29 is 9.84 Å². The number of para-hydroxylation sites is 1. The van der Waals surface area contributed by atoms with Crippen molar-refractivity contribution in [2.75, 3.05) is 32.8 Å². The van der Waals surface area contributed by atoms with E-state index in [0.29, 0.717) is 12.6 Å². The Balaban J connectivity index is 1.65. The van der Waals surface area contributed by atoms with Crippen LogP contribution in [-0.4, -0.2) is 59.8 Å². The Labute approximate surface area is 159 Å². The Morgan fingerprint density at radius 3 is 2.58 bits per heavy atom. The highest BCUT2D eigenvalue weighted by Crippen LogP contribution is 2.27. The first-order valence-electron chi connectivity index (χ1n) is 10.6. The van der Waals surface area contributed by atoms with Crippen molar-refractivity contribution in [3.8, 4) is 5.75 Å². The van der Waals surface area contributed by atoms with Crippen molar-refractivity contribution in [1.29, 1.82) is 0 Å². The zero-order chi connectivity index (χ0) is 18.2. The first-order chi connectivity index (χ1) is 12.8. The molecule has 1 saturated carbocycles. The quantitative estimate of drug-likeness (QED) is 0.753. The summed E-state index contributed by atoms with van der Waals surface area (Å²) in [6.07, 6.45) is 9.17. The maximum atomic E-state index is 9.61. The molecule has 1 aliphatic carbocycles. The minimum Gasteiger partial charge on any atom is -0.494 e. The molecule has 2 fully saturated rings. The molecule has 0 unspecified atom stereocenters. The molecule has 1 saturated heterocycles. The summed E-state index contributed by atoms with van der Waals surface area (Å²) < 4.78 is 5.82. The lowest BCUT2D eigenvalue weighted by molar-refractivity contribution is 0.0272. The average Bonchev–Trinajstić information content (AvgIpc) is 2.94. The Morgan fingerprint density at radius 2 is 1.85 bits per heavy atom. The lowest BCUT2D eigenvalue weighted by Gasteiger charge is -2.44. The van der Waals surface area contributed by atoms with Gasteiger partial charge in [-0.05, 0) is 32.3 Å². The highest BCUT2D eigenvalue weighted by molar-refractivity contribution is 5.33. The maximum absolute atomic E-state index is 9.61. The van der Waals surface area contributed by atoms with Gasteiger partial charge in [0.25, 0.3) is 0 Å². The maximum Gasteiger partial charge on any atom is 0.123 e. The molecule has 4 heteroatoms. The molecule has 1 N–H and O–H groups in total. The second-order valence-electron chi connectivity index (χ2n) is 7.82. The van der Waals surface area contributed by atoms with Crippen molar-refractivity contribution in [2.24, 2.45) is 0 Å². The van der Waals surface area contributed by atoms with Crippen LogP contribution in [0.5, 0.6) is 5.75 Å². The Hall–Kier alpha value is -1.10. The molecule has 0 bridgehead atoms. The molecule has 2 aliphatic rings. The lowest BCUT2D eigenvalue weighted by Crippen LogP contribution is -2.55. The second-order valence-corrected chi connectivity index (χ2v) is 7.82. The van der Waals surface area contributed by atoms with Crippen LogP contribution in [0, 0.1) is 0 Å². The zero-order valence-corrected chi connectivity index (χ0v) is 16.4. The van der Waals surface area contributed by atoms with Crippen molar-refractivity contribution in [3.63, 3.8) is 0 Å². The van der Waals surface area contributed by atoms with E-state index in [2.05, 4.69) is 28.0 Å². The second kappa shape index (κ2) is 10.3. The Morgan fingerprint density at radius 1 is 1.08 bits per heavy atom. The molecule has 26 heavy (non-hydrogen) atoms. The van der Waals surface area contributed by atoms with Gasteiger partial charge >= 0.3 is 0 Å². The lowest BCUT2D eigenvalue weighted by atomic mass is 10.0. The SMILES string of the molecule is CCOc1ccccc1CN1CCN(C2CCCCCC2)C[C@H]1CCO. The van der Waals surface area contributed by atoms with Crippen LogP contribution in [0.4, 0.5) is 0 Å². The van der Waals surface area contributed by atoms with Crippen LogP contribution in [0.25, 0.3) is 0 Å². The summed E-state index contributed by atoms with van der Waals surface area (Å²) in [5, 5.41) is 9.61. The first-order valence-corrected chi connectivity index (χ1v) is 10.6. The molecule has 4 nitrogen and oxygen atoms in total. The molecule has 1 aromatic carbocycles. The van der Waals surface area contributed by atoms with Gasteiger partial charge in [-0.15, -0.1) is 0 Å². The number of piperazine rings is 1. The third-order valence-corrected chi connectivity index (χ3v) is 6.09. The zero-order valence-electron chi connectivity index (χ0n) is 16.4. The van der Waals surface area contributed by atoms with Gasteiger partial charge in [-0.25, -0.2) is 0 Å². The van der Waals surface area contributed by atoms with Gasteiger partial charge < -0.3 is 9.84 Å². The smallest absolute Gasteiger partial charge is 0.123 e. The van der Waals surface area contributed by atoms with E-state index in [1.54, 1.807) is 0 Å². The van der Waals surface area contributed by atoms with E-state index in [1.165, 1.54) is 44.1 Å². The summed E-state index contributed by atoms with van der Waals surface area (Å²) in [4.78, 5) is 5.28. The number of hydrogen-bond donors (Lipinski definition) is 1. The molecule has 1 aliphatic heterocycles. The van der Waals surface area contributed by atoms with E-state index in [0.717, 1.165) is 44.4 Å². The molecule has 0 spiro atoms. The third-order valence-electron chi connectivity index (χ3n) is 6.09. The number of benzene rings is 1. The minimum absolute atomic E-state index is 0.271. The molecule has 0 aromatic heterocycles. The molecular weight excluding hydrogens is 324 g/mol. The fourth-order valence-electron chi connectivity index (χ4n) is 4.65. The van der Waals surface area contributed by atoms with Crippen LogP contribution in [0.15, 0.2) is 24.3 Å². The standard InChI is InChI=1S/C22H36N2O2/c1-2-26-22-12-8-7-9-19(22)17-23-14-15-24(18-21(23)13-16-25)20-10-5-3-4-6-11-20/h7-9,12,20-21,25H,2-6,10-11,13-18H2,1H3/t21-/m1/s1. The van der Waals surface area contributed by atoms with Crippen LogP contribution in [0.3, 0.4) is 0 Å². The van der Waals surface area contributed by atoms with E-state index >= 15 is 0 Å². The number of ether oxygens (including phenoxy) is 1. The van der Waals surface area contributed by atoms with Crippen LogP contribution in [-0.2, 0) is 6.54 Å². The number of aliphatic hydroxyl groups is 1. The molecule has 0 radical (unpaired) electrons. The van der Waals surface area contributed by atoms with E-state index < -0.39 is 0 Å². The summed E-state index contributed by atoms with van der Waals surface area (Å²) in [7, 11) is 0. The minimum atomic E-state index is 0.271. The summed E-state index contributed by atoms with van der Waals surface area (Å²) in [5.41, 5.74) is 1.26. The van der Waals surface area contributed by atoms with Gasteiger partial charge in [-0.3, -0.25) is 9.80 Å². The Bertz CT molecular complexity index is 529. The average molecular weight is 361 g/mol. The van der Waals surface area contributed by atoms with Crippen LogP contribution < -0.4 is 4.74 Å². The molecule has 1 atom stereocenters. The van der Waals surface area contributed by atoms with E-state index in [9.17, 15) is 5.11 Å². The van der Waals surface area contributed by atoms with Crippen LogP contribution in [0.1, 0.15) is 57.4 Å². The topological polar surface area (TPSA) is 35.9 Å². The monoisotopic (exact) mass is 360 g/mol. The predicted molar refractivity (Wildman–Crippen MR) is 107 cm³/mol. The summed E-state index contributed by atoms with van der Waals surface area (Å²) in [5.74, 6) is 1.00. The van der Waals surface area contributed by atoms with E-state index in [-0.39, 0.29) is 6.61 Å². The molecule has 3 rings (SSSR count). The van der Waals surface area contributed by atoms with Gasteiger partial charge in [0.15, 0.2) is 0 Å². The molecule has 0 amide bonds. The van der Waals surface area contributed by atoms with Gasteiger partial charge in [0, 0.05) is 50.4 Å². The van der Waals surface area contributed by atoms with Crippen LogP contribution >= 0.6 is 0 Å². The molecular formula is C22H36N2O2. The van der Waals surface area contributed by atoms with Crippen molar-refractivity contribution >= 4 is 0 Å². The summed E-state index contributed by atoms with van der Waals surface area (Å²) >= 11 is 0. The molecule has 1 heterocycles. The van der Waals surface area contributed by atoms with Gasteiger partial charge in [-0.2, -0.15) is 0 Å². The predicted octanol–water partition coefficient (Wildman–Crippen LogP) is 3.68. The summed E-state index contributed by atoms with van der Waals surface area (Å²) in [6.45, 7) is 7.27. The number of rotatable bonds is 7. The molecule has 1 aromatic rings. The van der Waals surface area contributed by atoms with E-state index in [1.807, 2.05) is 13.0 Å². The van der Waals surface area contributed by atoms with Gasteiger partial charge in [-0.1, -0.05) is 43.9 Å². The van der Waals surface area contributed by atoms with Crippen molar-refractivity contribution in [3.05, 3.63) is 29.8 Å². The number of hydrogen-bond acceptors (Lipinski definition) is 4. The highest BCUT2D eigenvalue weighted by Gasteiger charge is 2.31. The fraction of sp³-hybridized carbons (Fsp3) is 0.727. The first kappa shape index (κ1) is 19.7. The molecule has 146 valence electrons. The number of aliphatic hydroxyl groups excluding tert-OH is 1. The summed E-state index contributed by atoms with van der Waals surface area (Å²) in [6, 6.07) is 9.59. The fourth-order valence-corrected chi connectivity index (χ4v) is 4.65. The van der Waals surface area contributed by atoms with Gasteiger partial charge in [0.05, 0.1) is 6.61 Å². The largest absolute Gasteiger partial charge is 0.494 e. The normalized spacial score (nSPS) is 23.7. The van der Waals surface area contributed by atoms with Crippen molar-refractivity contribution in [2.45, 2.75) is 70.5 Å².